The molecule has 1 atom stereocenters. The summed E-state index contributed by atoms with van der Waals surface area (Å²) in [5.74, 6) is 1.33. The maximum Gasteiger partial charge on any atom is 0.242 e. The molecule has 3 rings (SSSR count). The van der Waals surface area contributed by atoms with Crippen LogP contribution in [0, 0.1) is 6.92 Å². The summed E-state index contributed by atoms with van der Waals surface area (Å²) in [5.41, 5.74) is 1.75. The minimum absolute atomic E-state index is 0.101. The van der Waals surface area contributed by atoms with Gasteiger partial charge >= 0.3 is 0 Å². The molecule has 1 N–H and O–H groups in total. The number of aryl methyl sites for hydroxylation is 1. The Bertz CT molecular complexity index is 884. The number of hydrogen-bond donors (Lipinski definition) is 1. The van der Waals surface area contributed by atoms with Gasteiger partial charge in [-0.15, -0.1) is 0 Å². The van der Waals surface area contributed by atoms with Crippen LogP contribution in [0.5, 0.6) is 5.75 Å². The molecule has 7 heteroatoms. The van der Waals surface area contributed by atoms with E-state index in [0.717, 1.165) is 28.0 Å². The maximum atomic E-state index is 12.2. The molecule has 126 valence electrons. The van der Waals surface area contributed by atoms with Crippen LogP contribution < -0.4 is 10.1 Å². The van der Waals surface area contributed by atoms with Gasteiger partial charge in [0.2, 0.25) is 5.91 Å². The van der Waals surface area contributed by atoms with E-state index < -0.39 is 0 Å². The molecule has 1 unspecified atom stereocenters. The molecule has 0 saturated carbocycles. The van der Waals surface area contributed by atoms with Gasteiger partial charge in [-0.3, -0.25) is 9.48 Å². The Kier molecular flexibility index (Phi) is 4.49. The molecule has 0 aliphatic heterocycles. The highest BCUT2D eigenvalue weighted by Gasteiger charge is 2.19. The van der Waals surface area contributed by atoms with E-state index in [1.165, 1.54) is 10.9 Å². The number of carbonyl (C=O) groups excluding carboxylic acids is 1. The molecule has 24 heavy (non-hydrogen) atoms. The van der Waals surface area contributed by atoms with Crippen molar-refractivity contribution in [2.45, 2.75) is 26.4 Å². The molecule has 1 aromatic carbocycles. The number of aromatic nitrogens is 2. The minimum Gasteiger partial charge on any atom is -0.497 e. The highest BCUT2D eigenvalue weighted by molar-refractivity contribution is 6.30. The number of amides is 1. The average Bonchev–Trinajstić information content (AvgIpc) is 3.10. The first-order chi connectivity index (χ1) is 11.5. The van der Waals surface area contributed by atoms with Crippen LogP contribution in [0.15, 0.2) is 35.0 Å². The molecule has 2 aromatic heterocycles. The van der Waals surface area contributed by atoms with Crippen LogP contribution in [0.4, 0.5) is 0 Å². The molecule has 1 amide bonds. The van der Waals surface area contributed by atoms with Crippen LogP contribution in [-0.2, 0) is 11.3 Å². The molecule has 3 aromatic rings. The zero-order chi connectivity index (χ0) is 17.3. The third-order valence-electron chi connectivity index (χ3n) is 3.86. The molecule has 0 aliphatic rings. The topological polar surface area (TPSA) is 69.3 Å². The van der Waals surface area contributed by atoms with Crippen LogP contribution >= 0.6 is 11.6 Å². The molecule has 0 spiro atoms. The van der Waals surface area contributed by atoms with Gasteiger partial charge in [0.1, 0.15) is 23.6 Å². The highest BCUT2D eigenvalue weighted by atomic mass is 35.5. The second-order valence-corrected chi connectivity index (χ2v) is 6.04. The van der Waals surface area contributed by atoms with Crippen molar-refractivity contribution in [2.24, 2.45) is 0 Å². The standard InChI is InChI=1S/C17H18ClN3O3/c1-10-14-6-13(23-3)4-5-15(14)24-17(10)11(2)20-16(22)9-21-8-12(18)7-19-21/h4-8,11H,9H2,1-3H3,(H,20,22). The van der Waals surface area contributed by atoms with Crippen molar-refractivity contribution in [3.8, 4) is 5.75 Å². The van der Waals surface area contributed by atoms with Gasteiger partial charge in [-0.1, -0.05) is 11.6 Å². The van der Waals surface area contributed by atoms with Gasteiger partial charge in [0.15, 0.2) is 0 Å². The molecular formula is C17H18ClN3O3. The number of benzene rings is 1. The summed E-state index contributed by atoms with van der Waals surface area (Å²) < 4.78 is 12.6. The van der Waals surface area contributed by atoms with Crippen molar-refractivity contribution in [3.63, 3.8) is 0 Å². The number of methoxy groups -OCH3 is 1. The van der Waals surface area contributed by atoms with Crippen molar-refractivity contribution in [3.05, 3.63) is 46.9 Å². The summed E-state index contributed by atoms with van der Waals surface area (Å²) in [7, 11) is 1.63. The van der Waals surface area contributed by atoms with E-state index in [2.05, 4.69) is 10.4 Å². The Morgan fingerprint density at radius 1 is 1.50 bits per heavy atom. The maximum absolute atomic E-state index is 12.2. The largest absolute Gasteiger partial charge is 0.497 e. The van der Waals surface area contributed by atoms with Crippen molar-refractivity contribution in [1.82, 2.24) is 15.1 Å². The average molecular weight is 348 g/mol. The normalized spacial score (nSPS) is 12.3. The Morgan fingerprint density at radius 3 is 2.96 bits per heavy atom. The molecule has 0 aliphatic carbocycles. The summed E-state index contributed by atoms with van der Waals surface area (Å²) in [5, 5.41) is 8.38. The number of nitrogens with zero attached hydrogens (tertiary/aromatic N) is 2. The fourth-order valence-corrected chi connectivity index (χ4v) is 2.84. The van der Waals surface area contributed by atoms with E-state index in [1.807, 2.05) is 32.0 Å². The first-order valence-corrected chi connectivity index (χ1v) is 7.90. The van der Waals surface area contributed by atoms with Gasteiger partial charge in [-0.05, 0) is 32.0 Å². The Morgan fingerprint density at radius 2 is 2.29 bits per heavy atom. The number of carbonyl (C=O) groups is 1. The van der Waals surface area contributed by atoms with E-state index >= 15 is 0 Å². The monoisotopic (exact) mass is 347 g/mol. The quantitative estimate of drug-likeness (QED) is 0.767. The number of ether oxygens (including phenoxy) is 1. The van der Waals surface area contributed by atoms with Gasteiger partial charge in [0, 0.05) is 17.1 Å². The second kappa shape index (κ2) is 6.57. The molecule has 6 nitrogen and oxygen atoms in total. The number of hydrogen-bond acceptors (Lipinski definition) is 4. The van der Waals surface area contributed by atoms with E-state index in [9.17, 15) is 4.79 Å². The molecule has 0 radical (unpaired) electrons. The summed E-state index contributed by atoms with van der Waals surface area (Å²) in [6.07, 6.45) is 3.10. The predicted molar refractivity (Wildman–Crippen MR) is 91.3 cm³/mol. The van der Waals surface area contributed by atoms with Gasteiger partial charge in [0.05, 0.1) is 24.4 Å². The first kappa shape index (κ1) is 16.4. The number of rotatable bonds is 5. The molecule has 0 saturated heterocycles. The summed E-state index contributed by atoms with van der Waals surface area (Å²) >= 11 is 5.80. The van der Waals surface area contributed by atoms with Gasteiger partial charge in [-0.2, -0.15) is 5.10 Å². The zero-order valence-electron chi connectivity index (χ0n) is 13.7. The summed E-state index contributed by atoms with van der Waals surface area (Å²) in [6, 6.07) is 5.38. The van der Waals surface area contributed by atoms with E-state index in [1.54, 1.807) is 13.3 Å². The van der Waals surface area contributed by atoms with E-state index in [0.29, 0.717) is 5.02 Å². The van der Waals surface area contributed by atoms with Crippen LogP contribution in [0.25, 0.3) is 11.0 Å². The van der Waals surface area contributed by atoms with E-state index in [-0.39, 0.29) is 18.5 Å². The smallest absolute Gasteiger partial charge is 0.242 e. The Hall–Kier alpha value is -2.47. The van der Waals surface area contributed by atoms with Crippen LogP contribution in [0.1, 0.15) is 24.3 Å². The number of halogens is 1. The third-order valence-corrected chi connectivity index (χ3v) is 4.05. The fourth-order valence-electron chi connectivity index (χ4n) is 2.68. The van der Waals surface area contributed by atoms with Crippen molar-refractivity contribution >= 4 is 28.5 Å². The first-order valence-electron chi connectivity index (χ1n) is 7.52. The lowest BCUT2D eigenvalue weighted by Crippen LogP contribution is -2.30. The van der Waals surface area contributed by atoms with Crippen molar-refractivity contribution in [2.75, 3.05) is 7.11 Å². The van der Waals surface area contributed by atoms with Gasteiger partial charge < -0.3 is 14.5 Å². The van der Waals surface area contributed by atoms with Gasteiger partial charge in [-0.25, -0.2) is 0 Å². The Labute approximate surface area is 144 Å². The lowest BCUT2D eigenvalue weighted by molar-refractivity contribution is -0.122. The lowest BCUT2D eigenvalue weighted by atomic mass is 10.1. The highest BCUT2D eigenvalue weighted by Crippen LogP contribution is 2.31. The summed E-state index contributed by atoms with van der Waals surface area (Å²) in [6.45, 7) is 3.95. The molecular weight excluding hydrogens is 330 g/mol. The molecule has 2 heterocycles. The molecule has 0 bridgehead atoms. The predicted octanol–water partition coefficient (Wildman–Crippen LogP) is 3.48. The Balaban J connectivity index is 1.76. The number of nitrogens with one attached hydrogen (secondary N) is 1. The third kappa shape index (κ3) is 3.23. The van der Waals surface area contributed by atoms with Crippen LogP contribution in [0.2, 0.25) is 5.02 Å². The van der Waals surface area contributed by atoms with Gasteiger partial charge in [0.25, 0.3) is 0 Å². The van der Waals surface area contributed by atoms with E-state index in [4.69, 9.17) is 20.8 Å². The summed E-state index contributed by atoms with van der Waals surface area (Å²) in [4.78, 5) is 12.2. The van der Waals surface area contributed by atoms with Crippen LogP contribution in [0.3, 0.4) is 0 Å². The zero-order valence-corrected chi connectivity index (χ0v) is 14.4. The fraction of sp³-hybridized carbons (Fsp3) is 0.294. The minimum atomic E-state index is -0.262. The van der Waals surface area contributed by atoms with Crippen LogP contribution in [-0.4, -0.2) is 22.8 Å². The number of furan rings is 1. The SMILES string of the molecule is COc1ccc2oc(C(C)NC(=O)Cn3cc(Cl)cn3)c(C)c2c1. The number of fused-ring (bicyclic) bond motifs is 1. The van der Waals surface area contributed by atoms with Crippen molar-refractivity contribution < 1.29 is 13.9 Å². The second-order valence-electron chi connectivity index (χ2n) is 5.60. The van der Waals surface area contributed by atoms with Crippen molar-refractivity contribution in [1.29, 1.82) is 0 Å². The molecule has 0 fully saturated rings. The lowest BCUT2D eigenvalue weighted by Gasteiger charge is -2.12.